The van der Waals surface area contributed by atoms with Gasteiger partial charge in [0.1, 0.15) is 5.82 Å². The van der Waals surface area contributed by atoms with E-state index in [1.54, 1.807) is 12.1 Å². The molecule has 0 amide bonds. The zero-order valence-corrected chi connectivity index (χ0v) is 16.1. The lowest BCUT2D eigenvalue weighted by molar-refractivity contribution is 0.441. The van der Waals surface area contributed by atoms with Gasteiger partial charge in [-0.2, -0.15) is 9.52 Å². The van der Waals surface area contributed by atoms with Crippen molar-refractivity contribution in [3.05, 3.63) is 64.9 Å². The Balaban J connectivity index is 1.60. The van der Waals surface area contributed by atoms with E-state index in [2.05, 4.69) is 20.6 Å². The maximum Gasteiger partial charge on any atom is 0.243 e. The fraction of sp³-hybridized carbons (Fsp3) is 0.167. The third-order valence-corrected chi connectivity index (χ3v) is 6.74. The average Bonchev–Trinajstić information content (AvgIpc) is 3.23. The Morgan fingerprint density at radius 1 is 1.14 bits per heavy atom. The van der Waals surface area contributed by atoms with Crippen LogP contribution in [0, 0.1) is 5.82 Å². The summed E-state index contributed by atoms with van der Waals surface area (Å²) in [4.78, 5) is 0.107. The number of tetrazole rings is 1. The van der Waals surface area contributed by atoms with Gasteiger partial charge < -0.3 is 0 Å². The molecule has 0 spiro atoms. The van der Waals surface area contributed by atoms with E-state index in [0.717, 1.165) is 11.1 Å². The van der Waals surface area contributed by atoms with Crippen molar-refractivity contribution in [2.75, 3.05) is 13.1 Å². The van der Waals surface area contributed by atoms with Gasteiger partial charge in [-0.25, -0.2) is 12.8 Å². The highest BCUT2D eigenvalue weighted by molar-refractivity contribution is 7.89. The molecule has 1 aromatic heterocycles. The number of halogens is 2. The maximum absolute atomic E-state index is 13.1. The van der Waals surface area contributed by atoms with E-state index in [0.29, 0.717) is 23.6 Å². The fourth-order valence-electron chi connectivity index (χ4n) is 3.06. The molecule has 0 aliphatic carbocycles. The minimum absolute atomic E-state index is 0.107. The molecule has 3 aromatic rings. The summed E-state index contributed by atoms with van der Waals surface area (Å²) in [5.74, 6) is -0.0799. The Morgan fingerprint density at radius 3 is 2.57 bits per heavy atom. The Bertz CT molecular complexity index is 1130. The van der Waals surface area contributed by atoms with E-state index in [9.17, 15) is 12.8 Å². The number of H-pyrrole nitrogens is 1. The molecule has 2 aromatic carbocycles. The van der Waals surface area contributed by atoms with Crippen LogP contribution < -0.4 is 0 Å². The molecular weight excluding hydrogens is 405 g/mol. The number of rotatable bonds is 4. The predicted molar refractivity (Wildman–Crippen MR) is 102 cm³/mol. The van der Waals surface area contributed by atoms with Crippen molar-refractivity contribution in [1.29, 1.82) is 0 Å². The Kier molecular flexibility index (Phi) is 4.96. The molecule has 7 nitrogen and oxygen atoms in total. The molecule has 0 radical (unpaired) electrons. The van der Waals surface area contributed by atoms with Gasteiger partial charge in [0.05, 0.1) is 9.92 Å². The Hall–Kier alpha value is -2.62. The van der Waals surface area contributed by atoms with Gasteiger partial charge in [-0.05, 0) is 53.1 Å². The molecule has 0 unspecified atom stereocenters. The first-order valence-electron chi connectivity index (χ1n) is 8.43. The predicted octanol–water partition coefficient (Wildman–Crippen LogP) is 3.14. The summed E-state index contributed by atoms with van der Waals surface area (Å²) in [6.45, 7) is 0.556. The summed E-state index contributed by atoms with van der Waals surface area (Å²) in [7, 11) is -3.72. The van der Waals surface area contributed by atoms with E-state index >= 15 is 0 Å². The Labute approximate surface area is 165 Å². The van der Waals surface area contributed by atoms with Crippen LogP contribution in [0.15, 0.2) is 53.4 Å². The number of nitrogens with zero attached hydrogens (tertiary/aromatic N) is 4. The molecule has 144 valence electrons. The first kappa shape index (κ1) is 18.7. The molecule has 1 N–H and O–H groups in total. The van der Waals surface area contributed by atoms with Crippen molar-refractivity contribution in [3.63, 3.8) is 0 Å². The van der Waals surface area contributed by atoms with Gasteiger partial charge in [0.25, 0.3) is 0 Å². The average molecular weight is 420 g/mol. The van der Waals surface area contributed by atoms with E-state index in [1.165, 1.54) is 34.6 Å². The minimum atomic E-state index is -3.72. The molecule has 1 aliphatic rings. The molecule has 0 bridgehead atoms. The number of hydrogen-bond acceptors (Lipinski definition) is 5. The fourth-order valence-corrected chi connectivity index (χ4v) is 4.67. The van der Waals surface area contributed by atoms with Crippen LogP contribution >= 0.6 is 11.6 Å². The van der Waals surface area contributed by atoms with Crippen molar-refractivity contribution in [2.45, 2.75) is 11.3 Å². The van der Waals surface area contributed by atoms with E-state index < -0.39 is 10.0 Å². The van der Waals surface area contributed by atoms with E-state index in [4.69, 9.17) is 11.6 Å². The van der Waals surface area contributed by atoms with Crippen molar-refractivity contribution in [2.24, 2.45) is 0 Å². The van der Waals surface area contributed by atoms with Gasteiger partial charge in [0.15, 0.2) is 0 Å². The molecule has 1 aliphatic heterocycles. The van der Waals surface area contributed by atoms with Crippen LogP contribution in [0.3, 0.4) is 0 Å². The van der Waals surface area contributed by atoms with Gasteiger partial charge >= 0.3 is 0 Å². The molecule has 28 heavy (non-hydrogen) atoms. The van der Waals surface area contributed by atoms with Crippen LogP contribution in [-0.2, 0) is 10.0 Å². The van der Waals surface area contributed by atoms with E-state index in [1.807, 2.05) is 6.08 Å². The second-order valence-electron chi connectivity index (χ2n) is 6.23. The third kappa shape index (κ3) is 3.56. The molecule has 2 heterocycles. The number of hydrogen-bond donors (Lipinski definition) is 1. The van der Waals surface area contributed by atoms with Crippen LogP contribution in [0.25, 0.3) is 17.0 Å². The summed E-state index contributed by atoms with van der Waals surface area (Å²) in [6, 6.07) is 10.6. The number of benzene rings is 2. The van der Waals surface area contributed by atoms with Crippen LogP contribution in [0.4, 0.5) is 4.39 Å². The second kappa shape index (κ2) is 7.42. The second-order valence-corrected chi connectivity index (χ2v) is 8.57. The van der Waals surface area contributed by atoms with Crippen LogP contribution in [0.5, 0.6) is 0 Å². The summed E-state index contributed by atoms with van der Waals surface area (Å²) >= 11 is 6.16. The number of nitrogens with one attached hydrogen (secondary N) is 1. The Morgan fingerprint density at radius 2 is 1.93 bits per heavy atom. The molecule has 4 rings (SSSR count). The molecule has 0 saturated carbocycles. The van der Waals surface area contributed by atoms with Crippen molar-refractivity contribution in [1.82, 2.24) is 24.9 Å². The zero-order chi connectivity index (χ0) is 19.7. The lowest BCUT2D eigenvalue weighted by Crippen LogP contribution is -2.34. The minimum Gasteiger partial charge on any atom is -0.207 e. The van der Waals surface area contributed by atoms with Crippen LogP contribution in [0.1, 0.15) is 12.0 Å². The summed E-state index contributed by atoms with van der Waals surface area (Å²) < 4.78 is 40.6. The highest BCUT2D eigenvalue weighted by Gasteiger charge is 2.27. The van der Waals surface area contributed by atoms with Crippen molar-refractivity contribution >= 4 is 27.2 Å². The number of aromatic amines is 1. The standard InChI is InChI=1S/C18H15ClFN5O2S/c19-17-6-5-15(11-16(17)18-21-23-24-22-18)28(26,27)25-9-7-13(8-10-25)12-1-3-14(20)4-2-12/h1-7,11H,8-10H2,(H,21,22,23,24). The molecule has 10 heteroatoms. The molecule has 0 atom stereocenters. The van der Waals surface area contributed by atoms with Gasteiger partial charge in [-0.15, -0.1) is 10.2 Å². The van der Waals surface area contributed by atoms with Gasteiger partial charge in [-0.1, -0.05) is 29.8 Å². The summed E-state index contributed by atoms with van der Waals surface area (Å²) in [5.41, 5.74) is 2.27. The van der Waals surface area contributed by atoms with Crippen molar-refractivity contribution in [3.8, 4) is 11.4 Å². The first-order valence-corrected chi connectivity index (χ1v) is 10.3. The smallest absolute Gasteiger partial charge is 0.207 e. The number of aromatic nitrogens is 4. The van der Waals surface area contributed by atoms with Gasteiger partial charge in [-0.3, -0.25) is 0 Å². The van der Waals surface area contributed by atoms with Gasteiger partial charge in [0, 0.05) is 18.7 Å². The highest BCUT2D eigenvalue weighted by atomic mass is 35.5. The van der Waals surface area contributed by atoms with Crippen LogP contribution in [-0.4, -0.2) is 46.4 Å². The normalized spacial score (nSPS) is 15.4. The maximum atomic E-state index is 13.1. The zero-order valence-electron chi connectivity index (χ0n) is 14.5. The van der Waals surface area contributed by atoms with Crippen LogP contribution in [0.2, 0.25) is 5.02 Å². The SMILES string of the molecule is O=S(=O)(c1ccc(Cl)c(-c2nn[nH]n2)c1)N1CC=C(c2ccc(F)cc2)CC1. The molecular formula is C18H15ClFN5O2S. The van der Waals surface area contributed by atoms with Gasteiger partial charge in [0.2, 0.25) is 15.8 Å². The van der Waals surface area contributed by atoms with Crippen molar-refractivity contribution < 1.29 is 12.8 Å². The number of sulfonamides is 1. The molecule has 0 saturated heterocycles. The topological polar surface area (TPSA) is 91.8 Å². The highest BCUT2D eigenvalue weighted by Crippen LogP contribution is 2.30. The summed E-state index contributed by atoms with van der Waals surface area (Å²) in [6.07, 6.45) is 2.39. The largest absolute Gasteiger partial charge is 0.243 e. The lowest BCUT2D eigenvalue weighted by Gasteiger charge is -2.26. The molecule has 0 fully saturated rings. The lowest BCUT2D eigenvalue weighted by atomic mass is 10.0. The monoisotopic (exact) mass is 419 g/mol. The first-order chi connectivity index (χ1) is 13.4. The quantitative estimate of drug-likeness (QED) is 0.701. The van der Waals surface area contributed by atoms with E-state index in [-0.39, 0.29) is 23.1 Å². The summed E-state index contributed by atoms with van der Waals surface area (Å²) in [5, 5.41) is 13.8. The third-order valence-electron chi connectivity index (χ3n) is 4.55.